The van der Waals surface area contributed by atoms with Crippen LogP contribution in [0.1, 0.15) is 57.9 Å². The predicted octanol–water partition coefficient (Wildman–Crippen LogP) is 4.40. The van der Waals surface area contributed by atoms with E-state index in [0.717, 1.165) is 17.0 Å². The summed E-state index contributed by atoms with van der Waals surface area (Å²) in [5.74, 6) is -4.69. The summed E-state index contributed by atoms with van der Waals surface area (Å²) in [5.41, 5.74) is -3.65. The third kappa shape index (κ3) is 8.43. The number of ether oxygens (including phenoxy) is 2. The molecule has 0 aliphatic rings. The first-order valence-electron chi connectivity index (χ1n) is 12.4. The van der Waals surface area contributed by atoms with Gasteiger partial charge >= 0.3 is 18.2 Å². The Bertz CT molecular complexity index is 1130. The van der Waals surface area contributed by atoms with Crippen LogP contribution in [0, 0.1) is 11.8 Å². The number of benzene rings is 1. The third-order valence-corrected chi connectivity index (χ3v) is 5.99. The van der Waals surface area contributed by atoms with Crippen molar-refractivity contribution in [1.82, 2.24) is 9.88 Å². The van der Waals surface area contributed by atoms with Crippen molar-refractivity contribution in [2.24, 2.45) is 11.8 Å². The topological polar surface area (TPSA) is 109 Å². The highest BCUT2D eigenvalue weighted by atomic mass is 19.4. The minimum Gasteiger partial charge on any atom is -0.548 e. The molecule has 1 amide bonds. The van der Waals surface area contributed by atoms with E-state index in [1.165, 1.54) is 7.05 Å². The number of rotatable bonds is 10. The average Bonchev–Trinajstić information content (AvgIpc) is 2.83. The number of alkyl halides is 3. The zero-order chi connectivity index (χ0) is 29.6. The van der Waals surface area contributed by atoms with E-state index in [9.17, 15) is 32.7 Å². The lowest BCUT2D eigenvalue weighted by Crippen LogP contribution is -2.67. The van der Waals surface area contributed by atoms with Gasteiger partial charge in [-0.05, 0) is 50.8 Å². The van der Waals surface area contributed by atoms with Gasteiger partial charge in [0.1, 0.15) is 12.2 Å². The van der Waals surface area contributed by atoms with Crippen molar-refractivity contribution in [3.63, 3.8) is 0 Å². The van der Waals surface area contributed by atoms with Crippen LogP contribution in [0.2, 0.25) is 0 Å². The van der Waals surface area contributed by atoms with Gasteiger partial charge < -0.3 is 19.4 Å². The summed E-state index contributed by atoms with van der Waals surface area (Å²) in [6.45, 7) is 7.99. The van der Waals surface area contributed by atoms with Crippen LogP contribution in [0.4, 0.5) is 18.0 Å². The number of hydrogen-bond acceptors (Lipinski definition) is 7. The first-order chi connectivity index (χ1) is 18.0. The molecule has 0 saturated heterocycles. The molecule has 0 saturated carbocycles. The first kappa shape index (κ1) is 31.6. The number of carboxylic acids is 1. The van der Waals surface area contributed by atoms with Gasteiger partial charge in [-0.1, -0.05) is 44.2 Å². The van der Waals surface area contributed by atoms with Crippen molar-refractivity contribution in [3.05, 3.63) is 65.5 Å². The van der Waals surface area contributed by atoms with E-state index < -0.39 is 53.3 Å². The molecule has 1 aromatic carbocycles. The number of aromatic nitrogens is 1. The maximum atomic E-state index is 13.6. The fourth-order valence-corrected chi connectivity index (χ4v) is 4.19. The molecule has 0 bridgehead atoms. The smallest absolute Gasteiger partial charge is 0.417 e. The van der Waals surface area contributed by atoms with Gasteiger partial charge in [-0.25, -0.2) is 4.79 Å². The van der Waals surface area contributed by atoms with Gasteiger partial charge in [0.05, 0.1) is 23.0 Å². The van der Waals surface area contributed by atoms with E-state index in [0.29, 0.717) is 11.8 Å². The summed E-state index contributed by atoms with van der Waals surface area (Å²) in [6, 6.07) is 10.5. The van der Waals surface area contributed by atoms with Gasteiger partial charge in [0.2, 0.25) is 0 Å². The molecule has 214 valence electrons. The normalized spacial score (nSPS) is 14.3. The molecule has 1 aromatic heterocycles. The van der Waals surface area contributed by atoms with Crippen molar-refractivity contribution >= 4 is 18.0 Å². The number of halogens is 3. The molecule has 0 aliphatic heterocycles. The summed E-state index contributed by atoms with van der Waals surface area (Å²) < 4.78 is 50.1. The third-order valence-electron chi connectivity index (χ3n) is 5.99. The van der Waals surface area contributed by atoms with E-state index in [1.807, 2.05) is 0 Å². The molecule has 2 aromatic rings. The molecule has 2 atom stereocenters. The molecule has 0 N–H and O–H groups in total. The minimum absolute atomic E-state index is 0.00312. The molecular weight excluding hydrogens is 517 g/mol. The minimum atomic E-state index is -4.64. The Labute approximate surface area is 226 Å². The van der Waals surface area contributed by atoms with Crippen LogP contribution in [0.25, 0.3) is 0 Å². The Hall–Kier alpha value is -3.63. The Morgan fingerprint density at radius 2 is 1.64 bits per heavy atom. The fourth-order valence-electron chi connectivity index (χ4n) is 4.19. The predicted molar refractivity (Wildman–Crippen MR) is 134 cm³/mol. The largest absolute Gasteiger partial charge is 0.548 e. The van der Waals surface area contributed by atoms with Crippen LogP contribution in [-0.4, -0.2) is 46.1 Å². The Morgan fingerprint density at radius 3 is 2.10 bits per heavy atom. The van der Waals surface area contributed by atoms with E-state index in [1.54, 1.807) is 65.0 Å². The van der Waals surface area contributed by atoms with Gasteiger partial charge in [-0.2, -0.15) is 13.2 Å². The highest BCUT2D eigenvalue weighted by Gasteiger charge is 2.51. The summed E-state index contributed by atoms with van der Waals surface area (Å²) in [6.07, 6.45) is -5.74. The second kappa shape index (κ2) is 12.5. The summed E-state index contributed by atoms with van der Waals surface area (Å²) in [4.78, 5) is 44.3. The molecule has 0 aliphatic carbocycles. The van der Waals surface area contributed by atoms with Crippen LogP contribution < -0.4 is 5.11 Å². The molecule has 11 heteroatoms. The van der Waals surface area contributed by atoms with Gasteiger partial charge in [0.15, 0.2) is 0 Å². The number of hydrogen-bond donors (Lipinski definition) is 0. The van der Waals surface area contributed by atoms with Crippen LogP contribution in [0.5, 0.6) is 0 Å². The molecule has 8 nitrogen and oxygen atoms in total. The van der Waals surface area contributed by atoms with Crippen LogP contribution >= 0.6 is 0 Å². The number of pyridine rings is 1. The number of esters is 1. The molecule has 2 rings (SSSR count). The number of likely N-dealkylation sites (N-methyl/N-ethyl adjacent to an activating group) is 1. The van der Waals surface area contributed by atoms with Crippen molar-refractivity contribution in [2.75, 3.05) is 7.05 Å². The van der Waals surface area contributed by atoms with Gasteiger partial charge in [-0.15, -0.1) is 0 Å². The second-order valence-corrected chi connectivity index (χ2v) is 10.7. The zero-order valence-corrected chi connectivity index (χ0v) is 22.9. The fraction of sp³-hybridized carbons (Fsp3) is 0.500. The summed E-state index contributed by atoms with van der Waals surface area (Å²) in [5, 5.41) is 12.9. The molecular formula is C28H34F3N2O6-. The van der Waals surface area contributed by atoms with Crippen LogP contribution in [0.15, 0.2) is 48.7 Å². The first-order valence-corrected chi connectivity index (χ1v) is 12.4. The number of amides is 1. The molecule has 1 heterocycles. The number of carbonyl (C=O) groups excluding carboxylic acids is 3. The summed E-state index contributed by atoms with van der Waals surface area (Å²) >= 11 is 0. The van der Waals surface area contributed by atoms with E-state index in [2.05, 4.69) is 4.98 Å². The highest BCUT2D eigenvalue weighted by Crippen LogP contribution is 2.36. The molecule has 39 heavy (non-hydrogen) atoms. The SMILES string of the molecule is CC(C)C[C@@](C(=O)[O-])([C@@H](Cc1ccc(C(F)(F)F)cn1)C(=O)OCc1ccccc1)N(C)C(=O)OC(C)(C)C. The molecule has 0 spiro atoms. The lowest BCUT2D eigenvalue weighted by molar-refractivity contribution is -0.322. The van der Waals surface area contributed by atoms with Gasteiger partial charge in [-0.3, -0.25) is 14.7 Å². The number of carboxylic acid groups (broad SMARTS) is 1. The van der Waals surface area contributed by atoms with E-state index in [4.69, 9.17) is 9.47 Å². The van der Waals surface area contributed by atoms with Gasteiger partial charge in [0.25, 0.3) is 0 Å². The average molecular weight is 552 g/mol. The Kier molecular flexibility index (Phi) is 10.1. The van der Waals surface area contributed by atoms with Crippen LogP contribution in [-0.2, 0) is 38.3 Å². The highest BCUT2D eigenvalue weighted by molar-refractivity contribution is 5.90. The van der Waals surface area contributed by atoms with Crippen molar-refractivity contribution in [1.29, 1.82) is 0 Å². The van der Waals surface area contributed by atoms with Crippen LogP contribution in [0.3, 0.4) is 0 Å². The Morgan fingerprint density at radius 1 is 1.03 bits per heavy atom. The number of aliphatic carboxylic acids is 1. The number of nitrogens with zero attached hydrogens (tertiary/aromatic N) is 2. The standard InChI is InChI=1S/C28H35F3N2O6/c1-18(2)15-27(24(35)36,33(6)25(37)39-26(3,4)5)22(23(34)38-17-19-10-8-7-9-11-19)14-21-13-12-20(16-32-21)28(29,30)31/h7-13,16,18,22H,14-15,17H2,1-6H3,(H,35,36)/p-1/t22-,27-/m0/s1. The van der Waals surface area contributed by atoms with Crippen molar-refractivity contribution in [2.45, 2.75) is 71.4 Å². The molecule has 0 unspecified atom stereocenters. The monoisotopic (exact) mass is 551 g/mol. The van der Waals surface area contributed by atoms with E-state index in [-0.39, 0.29) is 24.6 Å². The molecule has 0 fully saturated rings. The van der Waals surface area contributed by atoms with Crippen molar-refractivity contribution in [3.8, 4) is 0 Å². The summed E-state index contributed by atoms with van der Waals surface area (Å²) in [7, 11) is 1.18. The zero-order valence-electron chi connectivity index (χ0n) is 22.9. The Balaban J connectivity index is 2.61. The lowest BCUT2D eigenvalue weighted by atomic mass is 9.74. The maximum Gasteiger partial charge on any atom is 0.417 e. The second-order valence-electron chi connectivity index (χ2n) is 10.7. The number of carbonyl (C=O) groups is 3. The molecule has 0 radical (unpaired) electrons. The maximum absolute atomic E-state index is 13.6. The lowest BCUT2D eigenvalue weighted by Gasteiger charge is -2.47. The quantitative estimate of drug-likeness (QED) is 0.403. The van der Waals surface area contributed by atoms with E-state index >= 15 is 0 Å². The van der Waals surface area contributed by atoms with Crippen molar-refractivity contribution < 1.29 is 42.1 Å². The van der Waals surface area contributed by atoms with Gasteiger partial charge in [0, 0.05) is 25.4 Å².